The van der Waals surface area contributed by atoms with Crippen LogP contribution in [0.25, 0.3) is 0 Å². The first-order chi connectivity index (χ1) is 12.4. The fourth-order valence-corrected chi connectivity index (χ4v) is 2.81. The van der Waals surface area contributed by atoms with E-state index in [-0.39, 0.29) is 24.5 Å². The molecule has 0 aliphatic carbocycles. The monoisotopic (exact) mass is 386 g/mol. The van der Waals surface area contributed by atoms with Crippen LogP contribution in [0.5, 0.6) is 0 Å². The summed E-state index contributed by atoms with van der Waals surface area (Å²) in [6, 6.07) is 4.51. The molecular formula is C19H25F3N2O3. The lowest BCUT2D eigenvalue weighted by Crippen LogP contribution is -2.48. The van der Waals surface area contributed by atoms with Gasteiger partial charge in [0.15, 0.2) is 0 Å². The summed E-state index contributed by atoms with van der Waals surface area (Å²) in [5.74, 6) is -0.245. The number of nitrogens with one attached hydrogen (secondary N) is 1. The van der Waals surface area contributed by atoms with Gasteiger partial charge in [-0.25, -0.2) is 4.79 Å². The average Bonchev–Trinajstić information content (AvgIpc) is 2.53. The predicted octanol–water partition coefficient (Wildman–Crippen LogP) is 3.76. The molecule has 1 aromatic rings. The van der Waals surface area contributed by atoms with E-state index in [0.29, 0.717) is 31.5 Å². The summed E-state index contributed by atoms with van der Waals surface area (Å²) in [6.45, 7) is 6.39. The third-order valence-electron chi connectivity index (χ3n) is 4.16. The Balaban J connectivity index is 1.78. The van der Waals surface area contributed by atoms with Crippen molar-refractivity contribution in [3.8, 4) is 0 Å². The zero-order valence-electron chi connectivity index (χ0n) is 15.7. The number of nitrogens with zero attached hydrogens (tertiary/aromatic N) is 1. The molecule has 0 unspecified atom stereocenters. The van der Waals surface area contributed by atoms with Crippen LogP contribution in [0, 0.1) is 0 Å². The maximum Gasteiger partial charge on any atom is 0.416 e. The number of piperidine rings is 1. The lowest BCUT2D eigenvalue weighted by molar-refractivity contribution is -0.137. The number of hydrogen-bond donors (Lipinski definition) is 1. The van der Waals surface area contributed by atoms with Gasteiger partial charge in [-0.1, -0.05) is 12.1 Å². The highest BCUT2D eigenvalue weighted by molar-refractivity contribution is 5.79. The van der Waals surface area contributed by atoms with Gasteiger partial charge >= 0.3 is 12.3 Å². The van der Waals surface area contributed by atoms with Gasteiger partial charge in [0.25, 0.3) is 0 Å². The van der Waals surface area contributed by atoms with Crippen LogP contribution in [0.15, 0.2) is 24.3 Å². The standard InChI is InChI=1S/C19H25F3N2O3/c1-18(2,3)27-17(26)24-10-8-15(9-11-24)23-16(25)12-13-4-6-14(7-5-13)19(20,21)22/h4-7,15H,8-12H2,1-3H3,(H,23,25). The zero-order chi connectivity index (χ0) is 20.2. The van der Waals surface area contributed by atoms with Gasteiger partial charge in [0, 0.05) is 19.1 Å². The Morgan fingerprint density at radius 1 is 1.11 bits per heavy atom. The molecule has 1 heterocycles. The molecule has 1 aliphatic rings. The molecule has 150 valence electrons. The van der Waals surface area contributed by atoms with Crippen molar-refractivity contribution >= 4 is 12.0 Å². The van der Waals surface area contributed by atoms with Gasteiger partial charge in [0.1, 0.15) is 5.60 Å². The van der Waals surface area contributed by atoms with E-state index in [2.05, 4.69) is 5.32 Å². The molecule has 0 aromatic heterocycles. The van der Waals surface area contributed by atoms with Crippen LogP contribution in [0.2, 0.25) is 0 Å². The molecule has 1 fully saturated rings. The van der Waals surface area contributed by atoms with Crippen molar-refractivity contribution in [3.63, 3.8) is 0 Å². The molecule has 27 heavy (non-hydrogen) atoms. The molecule has 8 heteroatoms. The van der Waals surface area contributed by atoms with Crippen LogP contribution in [-0.4, -0.2) is 41.6 Å². The van der Waals surface area contributed by atoms with Crippen LogP contribution in [0.3, 0.4) is 0 Å². The number of carbonyl (C=O) groups excluding carboxylic acids is 2. The Bertz CT molecular complexity index is 658. The molecule has 2 amide bonds. The van der Waals surface area contributed by atoms with Crippen molar-refractivity contribution in [1.82, 2.24) is 10.2 Å². The van der Waals surface area contributed by atoms with Crippen LogP contribution in [0.4, 0.5) is 18.0 Å². The van der Waals surface area contributed by atoms with Crippen molar-refractivity contribution in [2.75, 3.05) is 13.1 Å². The lowest BCUT2D eigenvalue weighted by atomic mass is 10.0. The fraction of sp³-hybridized carbons (Fsp3) is 0.579. The molecule has 1 aliphatic heterocycles. The van der Waals surface area contributed by atoms with E-state index in [0.717, 1.165) is 12.1 Å². The summed E-state index contributed by atoms with van der Waals surface area (Å²) in [5, 5.41) is 2.88. The van der Waals surface area contributed by atoms with E-state index in [1.54, 1.807) is 25.7 Å². The summed E-state index contributed by atoms with van der Waals surface area (Å²) in [6.07, 6.45) is -3.51. The lowest BCUT2D eigenvalue weighted by Gasteiger charge is -2.33. The smallest absolute Gasteiger partial charge is 0.416 e. The number of rotatable bonds is 3. The molecule has 1 aromatic carbocycles. The summed E-state index contributed by atoms with van der Waals surface area (Å²) < 4.78 is 43.0. The molecule has 2 rings (SSSR count). The van der Waals surface area contributed by atoms with Crippen LogP contribution in [-0.2, 0) is 22.1 Å². The fourth-order valence-electron chi connectivity index (χ4n) is 2.81. The second-order valence-corrected chi connectivity index (χ2v) is 7.68. The molecule has 0 radical (unpaired) electrons. The normalized spacial score (nSPS) is 16.1. The van der Waals surface area contributed by atoms with Gasteiger partial charge < -0.3 is 15.0 Å². The summed E-state index contributed by atoms with van der Waals surface area (Å²) in [4.78, 5) is 25.8. The van der Waals surface area contributed by atoms with E-state index < -0.39 is 17.3 Å². The van der Waals surface area contributed by atoms with Crippen LogP contribution >= 0.6 is 0 Å². The SMILES string of the molecule is CC(C)(C)OC(=O)N1CCC(NC(=O)Cc2ccc(C(F)(F)F)cc2)CC1. The number of ether oxygens (including phenoxy) is 1. The second kappa shape index (κ2) is 8.19. The second-order valence-electron chi connectivity index (χ2n) is 7.68. The largest absolute Gasteiger partial charge is 0.444 e. The quantitative estimate of drug-likeness (QED) is 0.861. The number of likely N-dealkylation sites (tertiary alicyclic amines) is 1. The highest BCUT2D eigenvalue weighted by atomic mass is 19.4. The summed E-state index contributed by atoms with van der Waals surface area (Å²) in [5.41, 5.74) is -0.767. The minimum atomic E-state index is -4.39. The minimum Gasteiger partial charge on any atom is -0.444 e. The molecule has 0 spiro atoms. The molecule has 0 saturated carbocycles. The number of carbonyl (C=O) groups is 2. The van der Waals surface area contributed by atoms with Gasteiger partial charge in [0.05, 0.1) is 12.0 Å². The first-order valence-corrected chi connectivity index (χ1v) is 8.87. The van der Waals surface area contributed by atoms with Crippen LogP contribution < -0.4 is 5.32 Å². The Morgan fingerprint density at radius 3 is 2.15 bits per heavy atom. The van der Waals surface area contributed by atoms with Gasteiger partial charge in [0.2, 0.25) is 5.91 Å². The minimum absolute atomic E-state index is 0.0183. The molecule has 5 nitrogen and oxygen atoms in total. The zero-order valence-corrected chi connectivity index (χ0v) is 15.7. The Kier molecular flexibility index (Phi) is 6.38. The van der Waals surface area contributed by atoms with E-state index in [9.17, 15) is 22.8 Å². The number of benzene rings is 1. The molecular weight excluding hydrogens is 361 g/mol. The number of hydrogen-bond acceptors (Lipinski definition) is 3. The third kappa shape index (κ3) is 6.77. The summed E-state index contributed by atoms with van der Waals surface area (Å²) in [7, 11) is 0. The van der Waals surface area contributed by atoms with Crippen molar-refractivity contribution in [2.45, 2.75) is 57.9 Å². The van der Waals surface area contributed by atoms with E-state index in [1.807, 2.05) is 0 Å². The van der Waals surface area contributed by atoms with Crippen molar-refractivity contribution < 1.29 is 27.5 Å². The van der Waals surface area contributed by atoms with E-state index >= 15 is 0 Å². The van der Waals surface area contributed by atoms with Crippen molar-refractivity contribution in [1.29, 1.82) is 0 Å². The van der Waals surface area contributed by atoms with E-state index in [1.165, 1.54) is 12.1 Å². The van der Waals surface area contributed by atoms with Gasteiger partial charge in [-0.2, -0.15) is 13.2 Å². The van der Waals surface area contributed by atoms with Crippen molar-refractivity contribution in [2.24, 2.45) is 0 Å². The Labute approximate surface area is 156 Å². The molecule has 0 atom stereocenters. The first kappa shape index (κ1) is 21.1. The first-order valence-electron chi connectivity index (χ1n) is 8.87. The van der Waals surface area contributed by atoms with Gasteiger partial charge in [-0.3, -0.25) is 4.79 Å². The highest BCUT2D eigenvalue weighted by Gasteiger charge is 2.30. The average molecular weight is 386 g/mol. The maximum absolute atomic E-state index is 12.6. The number of amides is 2. The number of halogens is 3. The number of alkyl halides is 3. The van der Waals surface area contributed by atoms with Gasteiger partial charge in [-0.05, 0) is 51.3 Å². The Hall–Kier alpha value is -2.25. The summed E-state index contributed by atoms with van der Waals surface area (Å²) >= 11 is 0. The molecule has 1 saturated heterocycles. The van der Waals surface area contributed by atoms with Crippen molar-refractivity contribution in [3.05, 3.63) is 35.4 Å². The van der Waals surface area contributed by atoms with Crippen LogP contribution in [0.1, 0.15) is 44.7 Å². The highest BCUT2D eigenvalue weighted by Crippen LogP contribution is 2.29. The third-order valence-corrected chi connectivity index (χ3v) is 4.16. The molecule has 1 N–H and O–H groups in total. The molecule has 0 bridgehead atoms. The topological polar surface area (TPSA) is 58.6 Å². The Morgan fingerprint density at radius 2 is 1.67 bits per heavy atom. The predicted molar refractivity (Wildman–Crippen MR) is 94.1 cm³/mol. The van der Waals surface area contributed by atoms with E-state index in [4.69, 9.17) is 4.74 Å². The van der Waals surface area contributed by atoms with Gasteiger partial charge in [-0.15, -0.1) is 0 Å². The maximum atomic E-state index is 12.6.